The highest BCUT2D eigenvalue weighted by Crippen LogP contribution is 2.36. The van der Waals surface area contributed by atoms with Crippen LogP contribution in [0.25, 0.3) is 10.9 Å². The Hall–Kier alpha value is -2.06. The Balaban J connectivity index is 1.66. The lowest BCUT2D eigenvalue weighted by atomic mass is 9.87. The van der Waals surface area contributed by atoms with Gasteiger partial charge >= 0.3 is 0 Å². The highest BCUT2D eigenvalue weighted by Gasteiger charge is 2.19. The summed E-state index contributed by atoms with van der Waals surface area (Å²) in [4.78, 5) is 4.76. The first-order chi connectivity index (χ1) is 11.9. The van der Waals surface area contributed by atoms with Gasteiger partial charge in [-0.2, -0.15) is 0 Å². The van der Waals surface area contributed by atoms with Crippen LogP contribution in [-0.2, 0) is 18.3 Å². The molecule has 3 heteroatoms. The number of nitrogens with zero attached hydrogens (tertiary/aromatic N) is 1. The van der Waals surface area contributed by atoms with Gasteiger partial charge in [-0.05, 0) is 66.1 Å². The minimum Gasteiger partial charge on any atom is -0.457 e. The highest BCUT2D eigenvalue weighted by atomic mass is 35.5. The molecule has 4 rings (SSSR count). The van der Waals surface area contributed by atoms with Gasteiger partial charge in [0, 0.05) is 11.1 Å². The fourth-order valence-electron chi connectivity index (χ4n) is 3.41. The molecule has 0 fully saturated rings. The van der Waals surface area contributed by atoms with Crippen LogP contribution in [0.1, 0.15) is 44.0 Å². The van der Waals surface area contributed by atoms with Gasteiger partial charge in [0.2, 0.25) is 0 Å². The Morgan fingerprint density at radius 3 is 2.40 bits per heavy atom. The van der Waals surface area contributed by atoms with Gasteiger partial charge in [0.1, 0.15) is 11.5 Å². The van der Waals surface area contributed by atoms with Gasteiger partial charge in [-0.25, -0.2) is 0 Å². The number of pyridine rings is 1. The first kappa shape index (κ1) is 16.4. The summed E-state index contributed by atoms with van der Waals surface area (Å²) in [5.74, 6) is 1.62. The van der Waals surface area contributed by atoms with E-state index in [4.69, 9.17) is 21.3 Å². The van der Waals surface area contributed by atoms with Gasteiger partial charge in [-0.15, -0.1) is 0 Å². The summed E-state index contributed by atoms with van der Waals surface area (Å²) in [5, 5.41) is 1.82. The SMILES string of the molecule is CC(C)(C)c1ccc(Oc2ccc3nc4c(c(Cl)c3c2)CCC4)cc1. The molecule has 2 aromatic carbocycles. The zero-order valence-electron chi connectivity index (χ0n) is 14.9. The molecule has 1 heterocycles. The van der Waals surface area contributed by atoms with Crippen molar-refractivity contribution < 1.29 is 4.74 Å². The molecule has 0 saturated carbocycles. The van der Waals surface area contributed by atoms with Crippen LogP contribution >= 0.6 is 11.6 Å². The standard InChI is InChI=1S/C22H22ClNO/c1-22(2,3)14-7-9-15(10-8-14)25-16-11-12-20-18(13-16)21(23)17-5-4-6-19(17)24-20/h7-13H,4-6H2,1-3H3. The maximum Gasteiger partial charge on any atom is 0.128 e. The maximum absolute atomic E-state index is 6.64. The third kappa shape index (κ3) is 3.11. The lowest BCUT2D eigenvalue weighted by Gasteiger charge is -2.19. The van der Waals surface area contributed by atoms with Crippen LogP contribution in [0.15, 0.2) is 42.5 Å². The van der Waals surface area contributed by atoms with Crippen LogP contribution in [0.5, 0.6) is 11.5 Å². The Kier molecular flexibility index (Phi) is 3.96. The summed E-state index contributed by atoms with van der Waals surface area (Å²) in [6.07, 6.45) is 3.20. The second-order valence-corrected chi connectivity index (χ2v) is 8.14. The number of hydrogen-bond acceptors (Lipinski definition) is 2. The molecule has 3 aromatic rings. The zero-order chi connectivity index (χ0) is 17.6. The van der Waals surface area contributed by atoms with Crippen LogP contribution < -0.4 is 4.74 Å². The van der Waals surface area contributed by atoms with E-state index in [0.717, 1.165) is 52.4 Å². The first-order valence-electron chi connectivity index (χ1n) is 8.81. The normalized spacial score (nSPS) is 13.9. The maximum atomic E-state index is 6.64. The molecule has 0 amide bonds. The Bertz CT molecular complexity index is 939. The molecule has 0 spiro atoms. The van der Waals surface area contributed by atoms with Crippen molar-refractivity contribution in [2.45, 2.75) is 45.4 Å². The van der Waals surface area contributed by atoms with E-state index < -0.39 is 0 Å². The van der Waals surface area contributed by atoms with E-state index in [1.54, 1.807) is 0 Å². The number of halogens is 1. The summed E-state index contributed by atoms with van der Waals surface area (Å²) < 4.78 is 6.04. The van der Waals surface area contributed by atoms with E-state index in [9.17, 15) is 0 Å². The van der Waals surface area contributed by atoms with Crippen molar-refractivity contribution >= 4 is 22.5 Å². The van der Waals surface area contributed by atoms with Crippen LogP contribution in [0.3, 0.4) is 0 Å². The first-order valence-corrected chi connectivity index (χ1v) is 9.19. The molecule has 128 valence electrons. The highest BCUT2D eigenvalue weighted by molar-refractivity contribution is 6.36. The quantitative estimate of drug-likeness (QED) is 0.528. The number of aromatic nitrogens is 1. The summed E-state index contributed by atoms with van der Waals surface area (Å²) in [6.45, 7) is 6.62. The fourth-order valence-corrected chi connectivity index (χ4v) is 3.76. The minimum absolute atomic E-state index is 0.140. The Morgan fingerprint density at radius 1 is 0.960 bits per heavy atom. The van der Waals surface area contributed by atoms with Gasteiger partial charge in [0.05, 0.1) is 10.5 Å². The predicted molar refractivity (Wildman–Crippen MR) is 104 cm³/mol. The topological polar surface area (TPSA) is 22.1 Å². The van der Waals surface area contributed by atoms with Gasteiger partial charge in [-0.3, -0.25) is 4.98 Å². The molecule has 0 N–H and O–H groups in total. The van der Waals surface area contributed by atoms with Crippen LogP contribution in [0.4, 0.5) is 0 Å². The molecule has 1 aliphatic rings. The van der Waals surface area contributed by atoms with Crippen molar-refractivity contribution in [3.05, 3.63) is 64.3 Å². The van der Waals surface area contributed by atoms with Gasteiger partial charge in [-0.1, -0.05) is 44.5 Å². The number of hydrogen-bond donors (Lipinski definition) is 0. The largest absolute Gasteiger partial charge is 0.457 e. The molecule has 25 heavy (non-hydrogen) atoms. The predicted octanol–water partition coefficient (Wildman–Crippen LogP) is 6.47. The van der Waals surface area contributed by atoms with Crippen LogP contribution in [0, 0.1) is 0 Å². The third-order valence-corrected chi connectivity index (χ3v) is 5.30. The monoisotopic (exact) mass is 351 g/mol. The van der Waals surface area contributed by atoms with Crippen molar-refractivity contribution in [2.24, 2.45) is 0 Å². The van der Waals surface area contributed by atoms with Crippen LogP contribution in [0.2, 0.25) is 5.02 Å². The summed E-state index contributed by atoms with van der Waals surface area (Å²) in [7, 11) is 0. The van der Waals surface area contributed by atoms with E-state index in [1.807, 2.05) is 30.3 Å². The molecule has 0 aliphatic heterocycles. The summed E-state index contributed by atoms with van der Waals surface area (Å²) in [6, 6.07) is 14.3. The van der Waals surface area contributed by atoms with E-state index in [1.165, 1.54) is 11.1 Å². The average Bonchev–Trinajstić information content (AvgIpc) is 3.04. The Morgan fingerprint density at radius 2 is 1.68 bits per heavy atom. The number of fused-ring (bicyclic) bond motifs is 2. The molecule has 0 radical (unpaired) electrons. The molecule has 0 bridgehead atoms. The molecule has 0 unspecified atom stereocenters. The van der Waals surface area contributed by atoms with Crippen molar-refractivity contribution in [1.82, 2.24) is 4.98 Å². The van der Waals surface area contributed by atoms with E-state index >= 15 is 0 Å². The molecular weight excluding hydrogens is 330 g/mol. The fraction of sp³-hybridized carbons (Fsp3) is 0.318. The van der Waals surface area contributed by atoms with E-state index in [2.05, 4.69) is 32.9 Å². The smallest absolute Gasteiger partial charge is 0.128 e. The summed E-state index contributed by atoms with van der Waals surface area (Å²) in [5.41, 5.74) is 4.74. The van der Waals surface area contributed by atoms with Gasteiger partial charge in [0.15, 0.2) is 0 Å². The van der Waals surface area contributed by atoms with Crippen LogP contribution in [-0.4, -0.2) is 4.98 Å². The van der Waals surface area contributed by atoms with E-state index in [0.29, 0.717) is 0 Å². The van der Waals surface area contributed by atoms with Crippen molar-refractivity contribution in [2.75, 3.05) is 0 Å². The number of aryl methyl sites for hydroxylation is 1. The number of ether oxygens (including phenoxy) is 1. The summed E-state index contributed by atoms with van der Waals surface area (Å²) >= 11 is 6.64. The molecule has 1 aromatic heterocycles. The molecule has 0 saturated heterocycles. The Labute approximate surface area is 153 Å². The van der Waals surface area contributed by atoms with Crippen molar-refractivity contribution in [1.29, 1.82) is 0 Å². The van der Waals surface area contributed by atoms with Crippen molar-refractivity contribution in [3.8, 4) is 11.5 Å². The van der Waals surface area contributed by atoms with Gasteiger partial charge < -0.3 is 4.74 Å². The number of rotatable bonds is 2. The average molecular weight is 352 g/mol. The molecule has 1 aliphatic carbocycles. The molecule has 0 atom stereocenters. The molecular formula is C22H22ClNO. The third-order valence-electron chi connectivity index (χ3n) is 4.87. The number of benzene rings is 2. The lowest BCUT2D eigenvalue weighted by Crippen LogP contribution is -2.10. The minimum atomic E-state index is 0.140. The van der Waals surface area contributed by atoms with E-state index in [-0.39, 0.29) is 5.41 Å². The molecule has 2 nitrogen and oxygen atoms in total. The second kappa shape index (κ2) is 6.03. The van der Waals surface area contributed by atoms with Crippen molar-refractivity contribution in [3.63, 3.8) is 0 Å². The lowest BCUT2D eigenvalue weighted by molar-refractivity contribution is 0.482. The second-order valence-electron chi connectivity index (χ2n) is 7.76. The van der Waals surface area contributed by atoms with Gasteiger partial charge in [0.25, 0.3) is 0 Å². The zero-order valence-corrected chi connectivity index (χ0v) is 15.7.